The van der Waals surface area contributed by atoms with Gasteiger partial charge in [0.1, 0.15) is 5.84 Å². The van der Waals surface area contributed by atoms with Gasteiger partial charge in [0.25, 0.3) is 5.91 Å². The van der Waals surface area contributed by atoms with Crippen LogP contribution >= 0.6 is 0 Å². The minimum atomic E-state index is -1.21. The van der Waals surface area contributed by atoms with Crippen molar-refractivity contribution in [3.63, 3.8) is 0 Å². The highest BCUT2D eigenvalue weighted by Gasteiger charge is 2.51. The molecule has 7 rings (SSSR count). The van der Waals surface area contributed by atoms with Gasteiger partial charge in [-0.3, -0.25) is 9.69 Å². The van der Waals surface area contributed by atoms with Gasteiger partial charge in [0.15, 0.2) is 5.54 Å². The fourth-order valence-corrected chi connectivity index (χ4v) is 6.53. The maximum atomic E-state index is 14.8. The lowest BCUT2D eigenvalue weighted by molar-refractivity contribution is -0.126. The zero-order valence-corrected chi connectivity index (χ0v) is 25.2. The van der Waals surface area contributed by atoms with E-state index in [2.05, 4.69) is 81.9 Å². The van der Waals surface area contributed by atoms with E-state index in [0.717, 1.165) is 41.4 Å². The maximum absolute atomic E-state index is 14.8. The van der Waals surface area contributed by atoms with Gasteiger partial charge in [0.2, 0.25) is 0 Å². The van der Waals surface area contributed by atoms with Crippen LogP contribution in [0, 0.1) is 0 Å². The van der Waals surface area contributed by atoms with Crippen molar-refractivity contribution in [2.24, 2.45) is 4.99 Å². The van der Waals surface area contributed by atoms with Gasteiger partial charge in [0.05, 0.1) is 13.2 Å². The number of carbonyl (C=O) groups is 1. The molecule has 2 aliphatic heterocycles. The van der Waals surface area contributed by atoms with Gasteiger partial charge >= 0.3 is 0 Å². The Bertz CT molecular complexity index is 1790. The topological polar surface area (TPSA) is 47.9 Å². The van der Waals surface area contributed by atoms with E-state index >= 15 is 0 Å². The Morgan fingerprint density at radius 3 is 1.82 bits per heavy atom. The van der Waals surface area contributed by atoms with E-state index in [0.29, 0.717) is 13.1 Å². The molecule has 0 aromatic heterocycles. The molecule has 2 atom stereocenters. The molecule has 0 unspecified atom stereocenters. The van der Waals surface area contributed by atoms with Crippen LogP contribution in [0.15, 0.2) is 163 Å². The number of rotatable bonds is 8. The van der Waals surface area contributed by atoms with Gasteiger partial charge in [-0.2, -0.15) is 0 Å². The Morgan fingerprint density at radius 2 is 1.20 bits per heavy atom. The van der Waals surface area contributed by atoms with Crippen LogP contribution in [0.3, 0.4) is 0 Å². The molecule has 1 N–H and O–H groups in total. The predicted octanol–water partition coefficient (Wildman–Crippen LogP) is 7.21. The summed E-state index contributed by atoms with van der Waals surface area (Å²) in [5.41, 5.74) is 4.94. The summed E-state index contributed by atoms with van der Waals surface area (Å²) in [6, 6.07) is 51.5. The molecule has 0 aliphatic carbocycles. The second-order valence-corrected chi connectivity index (χ2v) is 11.7. The molecule has 2 heterocycles. The number of amidine groups is 1. The summed E-state index contributed by atoms with van der Waals surface area (Å²) in [6.07, 6.45) is 2.20. The summed E-state index contributed by atoms with van der Waals surface area (Å²) < 4.78 is 0. The number of nitrogens with one attached hydrogen (secondary N) is 1. The second kappa shape index (κ2) is 12.8. The lowest BCUT2D eigenvalue weighted by Gasteiger charge is -2.40. The van der Waals surface area contributed by atoms with Gasteiger partial charge in [-0.1, -0.05) is 152 Å². The van der Waals surface area contributed by atoms with Crippen molar-refractivity contribution in [1.29, 1.82) is 0 Å². The molecule has 1 amide bonds. The Hall–Kier alpha value is -5.26. The standard InChI is InChI=1S/C40H36N4O/c45-39-40(35-24-14-5-15-25-35,36(33-20-10-3-11-21-33)26-37(41-39)34-22-12-4-13-23-34)42-38-29-43(27-31-16-6-1-7-17-31)30-44(38)28-32-18-8-2-9-19-32/h1-26,36H,27-30H2,(H,41,45)/t36-,40+/m0/s1. The third kappa shape index (κ3) is 5.95. The van der Waals surface area contributed by atoms with Crippen LogP contribution in [-0.2, 0) is 23.4 Å². The highest BCUT2D eigenvalue weighted by molar-refractivity contribution is 6.01. The molecule has 0 spiro atoms. The van der Waals surface area contributed by atoms with Crippen molar-refractivity contribution in [3.8, 4) is 0 Å². The molecule has 1 fully saturated rings. The Labute approximate surface area is 265 Å². The third-order valence-corrected chi connectivity index (χ3v) is 8.71. The first kappa shape index (κ1) is 28.5. The number of carbonyl (C=O) groups excluding carboxylic acids is 1. The zero-order valence-electron chi connectivity index (χ0n) is 25.2. The Morgan fingerprint density at radius 1 is 0.667 bits per heavy atom. The fourth-order valence-electron chi connectivity index (χ4n) is 6.53. The van der Waals surface area contributed by atoms with Gasteiger partial charge in [-0.25, -0.2) is 4.99 Å². The minimum Gasteiger partial charge on any atom is -0.342 e. The Kier molecular flexibility index (Phi) is 8.09. The zero-order chi connectivity index (χ0) is 30.5. The first-order valence-electron chi connectivity index (χ1n) is 15.5. The van der Waals surface area contributed by atoms with Crippen LogP contribution in [0.2, 0.25) is 0 Å². The SMILES string of the molecule is O=C1NC(c2ccccc2)=C[C@@H](c2ccccc2)[C@]1(N=C1CN(Cc2ccccc2)CN1Cc1ccccc1)c1ccccc1. The molecule has 45 heavy (non-hydrogen) atoms. The summed E-state index contributed by atoms with van der Waals surface area (Å²) in [7, 11) is 0. The van der Waals surface area contributed by atoms with Crippen molar-refractivity contribution in [2.75, 3.05) is 13.2 Å². The first-order chi connectivity index (χ1) is 22.2. The summed E-state index contributed by atoms with van der Waals surface area (Å²) in [5, 5.41) is 3.29. The smallest absolute Gasteiger partial charge is 0.257 e. The average molecular weight is 589 g/mol. The normalized spacial score (nSPS) is 21.0. The number of amides is 1. The van der Waals surface area contributed by atoms with Crippen LogP contribution in [-0.4, -0.2) is 34.8 Å². The van der Waals surface area contributed by atoms with Crippen LogP contribution < -0.4 is 5.32 Å². The molecule has 5 heteroatoms. The summed E-state index contributed by atoms with van der Waals surface area (Å²) >= 11 is 0. The van der Waals surface area contributed by atoms with Gasteiger partial charge in [0, 0.05) is 24.7 Å². The van der Waals surface area contributed by atoms with Gasteiger partial charge < -0.3 is 10.2 Å². The van der Waals surface area contributed by atoms with Crippen molar-refractivity contribution in [3.05, 3.63) is 186 Å². The molecular weight excluding hydrogens is 552 g/mol. The molecule has 0 saturated carbocycles. The molecule has 1 saturated heterocycles. The van der Waals surface area contributed by atoms with E-state index in [-0.39, 0.29) is 11.8 Å². The fraction of sp³-hybridized carbons (Fsp3) is 0.150. The summed E-state index contributed by atoms with van der Waals surface area (Å²) in [4.78, 5) is 25.2. The van der Waals surface area contributed by atoms with Gasteiger partial charge in [-0.15, -0.1) is 0 Å². The minimum absolute atomic E-state index is 0.127. The van der Waals surface area contributed by atoms with E-state index in [1.807, 2.05) is 91.0 Å². The Balaban J connectivity index is 1.39. The highest BCUT2D eigenvalue weighted by atomic mass is 16.2. The maximum Gasteiger partial charge on any atom is 0.257 e. The average Bonchev–Trinajstić information content (AvgIpc) is 3.47. The van der Waals surface area contributed by atoms with Crippen molar-refractivity contribution in [1.82, 2.24) is 15.1 Å². The molecule has 0 bridgehead atoms. The number of benzene rings is 5. The number of hydrogen-bond donors (Lipinski definition) is 1. The van der Waals surface area contributed by atoms with Crippen molar-refractivity contribution < 1.29 is 4.79 Å². The lowest BCUT2D eigenvalue weighted by Crippen LogP contribution is -2.50. The van der Waals surface area contributed by atoms with E-state index in [4.69, 9.17) is 4.99 Å². The van der Waals surface area contributed by atoms with Crippen LogP contribution in [0.4, 0.5) is 0 Å². The highest BCUT2D eigenvalue weighted by Crippen LogP contribution is 2.46. The molecule has 5 aromatic carbocycles. The van der Waals surface area contributed by atoms with Crippen molar-refractivity contribution >= 4 is 17.4 Å². The quantitative estimate of drug-likeness (QED) is 0.208. The van der Waals surface area contributed by atoms with E-state index in [1.54, 1.807) is 0 Å². The monoisotopic (exact) mass is 588 g/mol. The van der Waals surface area contributed by atoms with Crippen LogP contribution in [0.1, 0.15) is 33.7 Å². The molecule has 222 valence electrons. The van der Waals surface area contributed by atoms with Crippen molar-refractivity contribution in [2.45, 2.75) is 24.5 Å². The summed E-state index contributed by atoms with van der Waals surface area (Å²) in [5.74, 6) is 0.447. The van der Waals surface area contributed by atoms with E-state index in [9.17, 15) is 4.79 Å². The first-order valence-corrected chi connectivity index (χ1v) is 15.5. The summed E-state index contributed by atoms with van der Waals surface area (Å²) in [6.45, 7) is 2.87. The number of aliphatic imine (C=N–C) groups is 1. The lowest BCUT2D eigenvalue weighted by atomic mass is 9.71. The van der Waals surface area contributed by atoms with Crippen LogP contribution in [0.25, 0.3) is 5.70 Å². The molecular formula is C40H36N4O. The number of hydrogen-bond acceptors (Lipinski definition) is 3. The largest absolute Gasteiger partial charge is 0.342 e. The van der Waals surface area contributed by atoms with E-state index in [1.165, 1.54) is 11.1 Å². The predicted molar refractivity (Wildman–Crippen MR) is 181 cm³/mol. The molecule has 2 aliphatic rings. The number of nitrogens with zero attached hydrogens (tertiary/aromatic N) is 3. The molecule has 5 aromatic rings. The molecule has 5 nitrogen and oxygen atoms in total. The third-order valence-electron chi connectivity index (χ3n) is 8.71. The molecule has 0 radical (unpaired) electrons. The van der Waals surface area contributed by atoms with E-state index < -0.39 is 5.54 Å². The van der Waals surface area contributed by atoms with Crippen LogP contribution in [0.5, 0.6) is 0 Å². The van der Waals surface area contributed by atoms with Gasteiger partial charge in [-0.05, 0) is 33.9 Å². The second-order valence-electron chi connectivity index (χ2n) is 11.7.